The van der Waals surface area contributed by atoms with Crippen LogP contribution >= 0.6 is 0 Å². The number of hydrazone groups is 1. The van der Waals surface area contributed by atoms with Crippen LogP contribution in [0.2, 0.25) is 0 Å². The van der Waals surface area contributed by atoms with Crippen LogP contribution in [0.25, 0.3) is 11.8 Å². The molecule has 0 unspecified atom stereocenters. The fraction of sp³-hybridized carbons (Fsp3) is 0.125. The Bertz CT molecular complexity index is 1190. The summed E-state index contributed by atoms with van der Waals surface area (Å²) in [5.41, 5.74) is 6.71. The maximum atomic E-state index is 13.0. The molecule has 0 saturated heterocycles. The fourth-order valence-electron chi connectivity index (χ4n) is 3.60. The summed E-state index contributed by atoms with van der Waals surface area (Å²) in [7, 11) is 0. The van der Waals surface area contributed by atoms with Gasteiger partial charge in [-0.25, -0.2) is 0 Å². The van der Waals surface area contributed by atoms with E-state index in [1.807, 2.05) is 69.3 Å². The monoisotopic (exact) mass is 380 g/mol. The molecule has 1 aliphatic rings. The van der Waals surface area contributed by atoms with Crippen molar-refractivity contribution in [2.75, 3.05) is 5.01 Å². The lowest BCUT2D eigenvalue weighted by Crippen LogP contribution is -2.21. The molecule has 142 valence electrons. The predicted molar refractivity (Wildman–Crippen MR) is 115 cm³/mol. The van der Waals surface area contributed by atoms with E-state index in [1.54, 1.807) is 12.1 Å². The lowest BCUT2D eigenvalue weighted by molar-refractivity contribution is -0.114. The second kappa shape index (κ2) is 7.25. The van der Waals surface area contributed by atoms with Crippen LogP contribution in [0.15, 0.2) is 71.3 Å². The van der Waals surface area contributed by atoms with Crippen LogP contribution in [0.5, 0.6) is 0 Å². The van der Waals surface area contributed by atoms with Crippen molar-refractivity contribution in [1.82, 2.24) is 4.57 Å². The van der Waals surface area contributed by atoms with Crippen molar-refractivity contribution in [3.05, 3.63) is 88.8 Å². The Morgan fingerprint density at radius 2 is 1.66 bits per heavy atom. The Morgan fingerprint density at radius 1 is 0.966 bits per heavy atom. The van der Waals surface area contributed by atoms with Crippen molar-refractivity contribution < 1.29 is 4.79 Å². The maximum Gasteiger partial charge on any atom is 0.280 e. The summed E-state index contributed by atoms with van der Waals surface area (Å²) in [5, 5.41) is 14.9. The lowest BCUT2D eigenvalue weighted by atomic mass is 10.1. The number of hydrogen-bond acceptors (Lipinski definition) is 3. The largest absolute Gasteiger partial charge is 0.318 e. The van der Waals surface area contributed by atoms with Gasteiger partial charge in [0.25, 0.3) is 5.91 Å². The van der Waals surface area contributed by atoms with E-state index < -0.39 is 0 Å². The number of hydrogen-bond donors (Lipinski definition) is 0. The van der Waals surface area contributed by atoms with Crippen molar-refractivity contribution in [2.24, 2.45) is 5.10 Å². The smallest absolute Gasteiger partial charge is 0.280 e. The zero-order chi connectivity index (χ0) is 20.5. The number of nitrogens with zero attached hydrogens (tertiary/aromatic N) is 4. The van der Waals surface area contributed by atoms with Gasteiger partial charge in [-0.1, -0.05) is 18.2 Å². The second-order valence-electron chi connectivity index (χ2n) is 7.02. The lowest BCUT2D eigenvalue weighted by Gasteiger charge is -2.11. The highest BCUT2D eigenvalue weighted by Gasteiger charge is 2.29. The van der Waals surface area contributed by atoms with E-state index >= 15 is 0 Å². The van der Waals surface area contributed by atoms with Crippen LogP contribution in [-0.2, 0) is 4.79 Å². The molecule has 5 nitrogen and oxygen atoms in total. The molecule has 1 aliphatic heterocycles. The Kier molecular flexibility index (Phi) is 4.61. The van der Waals surface area contributed by atoms with Gasteiger partial charge >= 0.3 is 0 Å². The summed E-state index contributed by atoms with van der Waals surface area (Å²) in [6, 6.07) is 21.1. The minimum Gasteiger partial charge on any atom is -0.318 e. The van der Waals surface area contributed by atoms with Gasteiger partial charge in [0.1, 0.15) is 0 Å². The number of aryl methyl sites for hydroxylation is 1. The second-order valence-corrected chi connectivity index (χ2v) is 7.02. The first-order valence-electron chi connectivity index (χ1n) is 9.36. The number of anilines is 1. The van der Waals surface area contributed by atoms with Crippen molar-refractivity contribution >= 4 is 23.4 Å². The predicted octanol–water partition coefficient (Wildman–Crippen LogP) is 4.77. The molecule has 0 N–H and O–H groups in total. The Hall–Kier alpha value is -3.91. The van der Waals surface area contributed by atoms with Crippen LogP contribution in [0.4, 0.5) is 5.69 Å². The quantitative estimate of drug-likeness (QED) is 0.614. The van der Waals surface area contributed by atoms with E-state index in [1.165, 1.54) is 5.01 Å². The Labute approximate surface area is 169 Å². The zero-order valence-corrected chi connectivity index (χ0v) is 16.5. The molecule has 0 bridgehead atoms. The van der Waals surface area contributed by atoms with E-state index in [9.17, 15) is 4.79 Å². The first-order chi connectivity index (χ1) is 14.0. The number of benzene rings is 2. The third-order valence-electron chi connectivity index (χ3n) is 5.09. The number of nitriles is 1. The van der Waals surface area contributed by atoms with Gasteiger partial charge in [0, 0.05) is 17.1 Å². The SMILES string of the molecule is CC1=NN(c2ccccc2)C(=O)/C1=C/c1cc(C)n(-c2ccc(C#N)cc2)c1C. The highest BCUT2D eigenvalue weighted by molar-refractivity contribution is 6.32. The van der Waals surface area contributed by atoms with Gasteiger partial charge in [-0.15, -0.1) is 0 Å². The summed E-state index contributed by atoms with van der Waals surface area (Å²) in [6.07, 6.45) is 1.91. The number of rotatable bonds is 3. The van der Waals surface area contributed by atoms with Crippen molar-refractivity contribution in [1.29, 1.82) is 5.26 Å². The summed E-state index contributed by atoms with van der Waals surface area (Å²) in [5.74, 6) is -0.128. The summed E-state index contributed by atoms with van der Waals surface area (Å²) >= 11 is 0. The number of carbonyl (C=O) groups is 1. The molecular weight excluding hydrogens is 360 g/mol. The average molecular weight is 380 g/mol. The van der Waals surface area contributed by atoms with Crippen molar-refractivity contribution in [3.8, 4) is 11.8 Å². The van der Waals surface area contributed by atoms with Gasteiger partial charge < -0.3 is 4.57 Å². The molecule has 1 amide bonds. The molecule has 4 rings (SSSR count). The molecule has 5 heteroatoms. The van der Waals surface area contributed by atoms with Crippen LogP contribution < -0.4 is 5.01 Å². The highest BCUT2D eigenvalue weighted by Crippen LogP contribution is 2.27. The maximum absolute atomic E-state index is 13.0. The molecule has 0 spiro atoms. The van der Waals surface area contributed by atoms with Crippen molar-refractivity contribution in [2.45, 2.75) is 20.8 Å². The Morgan fingerprint density at radius 3 is 2.31 bits per heavy atom. The van der Waals surface area contributed by atoms with Crippen LogP contribution in [0.1, 0.15) is 29.4 Å². The van der Waals surface area contributed by atoms with E-state index in [4.69, 9.17) is 5.26 Å². The van der Waals surface area contributed by atoms with Crippen LogP contribution in [0, 0.1) is 25.2 Å². The van der Waals surface area contributed by atoms with Crippen LogP contribution in [-0.4, -0.2) is 16.2 Å². The van der Waals surface area contributed by atoms with Gasteiger partial charge in [0.15, 0.2) is 0 Å². The average Bonchev–Trinajstić information content (AvgIpc) is 3.18. The molecule has 2 heterocycles. The summed E-state index contributed by atoms with van der Waals surface area (Å²) in [6.45, 7) is 5.91. The number of para-hydroxylation sites is 1. The fourth-order valence-corrected chi connectivity index (χ4v) is 3.60. The first kappa shape index (κ1) is 18.5. The minimum atomic E-state index is -0.128. The Balaban J connectivity index is 1.71. The summed E-state index contributed by atoms with van der Waals surface area (Å²) < 4.78 is 2.12. The van der Waals surface area contributed by atoms with Gasteiger partial charge in [0.2, 0.25) is 0 Å². The zero-order valence-electron chi connectivity index (χ0n) is 16.5. The molecule has 0 saturated carbocycles. The van der Waals surface area contributed by atoms with Crippen LogP contribution in [0.3, 0.4) is 0 Å². The third kappa shape index (κ3) is 3.26. The topological polar surface area (TPSA) is 61.4 Å². The number of aromatic nitrogens is 1. The van der Waals surface area contributed by atoms with E-state index in [0.29, 0.717) is 16.8 Å². The highest BCUT2D eigenvalue weighted by atomic mass is 16.2. The molecule has 0 atom stereocenters. The molecule has 3 aromatic rings. The van der Waals surface area contributed by atoms with Crippen molar-refractivity contribution in [3.63, 3.8) is 0 Å². The normalized spacial score (nSPS) is 15.0. The van der Waals surface area contributed by atoms with Gasteiger partial charge in [-0.2, -0.15) is 15.4 Å². The molecule has 2 aromatic carbocycles. The summed E-state index contributed by atoms with van der Waals surface area (Å²) in [4.78, 5) is 13.0. The minimum absolute atomic E-state index is 0.128. The van der Waals surface area contributed by atoms with E-state index in [2.05, 4.69) is 21.8 Å². The number of amides is 1. The van der Waals surface area contributed by atoms with Gasteiger partial charge in [-0.3, -0.25) is 4.79 Å². The molecular formula is C24H20N4O. The third-order valence-corrected chi connectivity index (χ3v) is 5.09. The van der Waals surface area contributed by atoms with E-state index in [0.717, 1.165) is 28.3 Å². The van der Waals surface area contributed by atoms with E-state index in [-0.39, 0.29) is 5.91 Å². The molecule has 1 aromatic heterocycles. The van der Waals surface area contributed by atoms with Gasteiger partial charge in [-0.05, 0) is 74.9 Å². The number of carbonyl (C=O) groups excluding carboxylic acids is 1. The first-order valence-corrected chi connectivity index (χ1v) is 9.36. The molecule has 0 radical (unpaired) electrons. The standard InChI is InChI=1S/C24H20N4O/c1-16-13-20(18(3)27(16)21-11-9-19(15-25)10-12-21)14-23-17(2)26-28(24(23)29)22-7-5-4-6-8-22/h4-14H,1-3H3/b23-14+. The molecule has 0 aliphatic carbocycles. The molecule has 0 fully saturated rings. The molecule has 29 heavy (non-hydrogen) atoms. The van der Waals surface area contributed by atoms with Gasteiger partial charge in [0.05, 0.1) is 28.6 Å².